The van der Waals surface area contributed by atoms with Crippen LogP contribution in [-0.4, -0.2) is 30.1 Å². The van der Waals surface area contributed by atoms with Gasteiger partial charge in [0, 0.05) is 24.2 Å². The van der Waals surface area contributed by atoms with E-state index in [1.807, 2.05) is 26.2 Å². The molecule has 2 aromatic carbocycles. The van der Waals surface area contributed by atoms with Crippen LogP contribution in [0.5, 0.6) is 11.5 Å². The molecule has 0 aliphatic carbocycles. The van der Waals surface area contributed by atoms with Crippen molar-refractivity contribution in [2.24, 2.45) is 0 Å². The minimum atomic E-state index is -0.472. The number of aryl methyl sites for hydroxylation is 1. The third-order valence-electron chi connectivity index (χ3n) is 4.29. The number of amides is 2. The Morgan fingerprint density at radius 1 is 1.06 bits per heavy atom. The first-order chi connectivity index (χ1) is 14.8. The molecule has 7 nitrogen and oxygen atoms in total. The third kappa shape index (κ3) is 6.29. The number of aromatic nitrogens is 1. The standard InChI is InChI=1S/C23H25N3O4S/c1-15(2)24-23(28)26(4)19-7-11-21(12-8-19)30-22(27)17-5-9-20(10-6-17)29-13-18-14-31-16(3)25-18/h5-12,14-15H,13H2,1-4H3,(H,24,28). The molecule has 0 radical (unpaired) electrons. The summed E-state index contributed by atoms with van der Waals surface area (Å²) in [6, 6.07) is 13.3. The number of nitrogens with one attached hydrogen (secondary N) is 1. The summed E-state index contributed by atoms with van der Waals surface area (Å²) in [6.07, 6.45) is 0. The van der Waals surface area contributed by atoms with Crippen molar-refractivity contribution in [3.05, 3.63) is 70.2 Å². The van der Waals surface area contributed by atoms with Gasteiger partial charge in [-0.25, -0.2) is 14.6 Å². The number of esters is 1. The highest BCUT2D eigenvalue weighted by atomic mass is 32.1. The average molecular weight is 440 g/mol. The van der Waals surface area contributed by atoms with Crippen molar-refractivity contribution in [1.82, 2.24) is 10.3 Å². The van der Waals surface area contributed by atoms with E-state index in [1.165, 1.54) is 4.90 Å². The Balaban J connectivity index is 1.55. The van der Waals surface area contributed by atoms with Crippen LogP contribution in [-0.2, 0) is 6.61 Å². The first-order valence-corrected chi connectivity index (χ1v) is 10.7. The number of hydrogen-bond donors (Lipinski definition) is 1. The maximum absolute atomic E-state index is 12.4. The SMILES string of the molecule is Cc1nc(COc2ccc(C(=O)Oc3ccc(N(C)C(=O)NC(C)C)cc3)cc2)cs1. The normalized spacial score (nSPS) is 10.6. The van der Waals surface area contributed by atoms with Crippen LogP contribution in [0.3, 0.4) is 0 Å². The van der Waals surface area contributed by atoms with Crippen molar-refractivity contribution in [3.8, 4) is 11.5 Å². The molecule has 162 valence electrons. The molecule has 31 heavy (non-hydrogen) atoms. The topological polar surface area (TPSA) is 80.8 Å². The molecule has 0 fully saturated rings. The molecule has 0 spiro atoms. The molecular weight excluding hydrogens is 414 g/mol. The summed E-state index contributed by atoms with van der Waals surface area (Å²) in [4.78, 5) is 30.3. The molecule has 1 heterocycles. The highest BCUT2D eigenvalue weighted by molar-refractivity contribution is 7.09. The number of anilines is 1. The van der Waals surface area contributed by atoms with Gasteiger partial charge in [-0.1, -0.05) is 0 Å². The van der Waals surface area contributed by atoms with Gasteiger partial charge in [0.15, 0.2) is 0 Å². The van der Waals surface area contributed by atoms with Gasteiger partial charge >= 0.3 is 12.0 Å². The monoisotopic (exact) mass is 439 g/mol. The average Bonchev–Trinajstić information content (AvgIpc) is 3.17. The molecule has 0 unspecified atom stereocenters. The molecular formula is C23H25N3O4S. The fourth-order valence-corrected chi connectivity index (χ4v) is 3.28. The van der Waals surface area contributed by atoms with Gasteiger partial charge in [0.1, 0.15) is 18.1 Å². The molecule has 3 aromatic rings. The Labute approximate surface area is 185 Å². The Hall–Kier alpha value is -3.39. The highest BCUT2D eigenvalue weighted by Crippen LogP contribution is 2.21. The van der Waals surface area contributed by atoms with Crippen LogP contribution in [0.1, 0.15) is 34.9 Å². The van der Waals surface area contributed by atoms with Gasteiger partial charge in [-0.3, -0.25) is 4.90 Å². The second-order valence-electron chi connectivity index (χ2n) is 7.22. The van der Waals surface area contributed by atoms with Crippen LogP contribution in [0, 0.1) is 6.92 Å². The van der Waals surface area contributed by atoms with Crippen LogP contribution in [0.25, 0.3) is 0 Å². The molecule has 0 aliphatic heterocycles. The summed E-state index contributed by atoms with van der Waals surface area (Å²) < 4.78 is 11.1. The second kappa shape index (κ2) is 10.1. The number of carbonyl (C=O) groups excluding carboxylic acids is 2. The van der Waals surface area contributed by atoms with Gasteiger partial charge in [0.25, 0.3) is 0 Å². The zero-order chi connectivity index (χ0) is 22.4. The molecule has 0 saturated carbocycles. The highest BCUT2D eigenvalue weighted by Gasteiger charge is 2.13. The number of hydrogen-bond acceptors (Lipinski definition) is 6. The first kappa shape index (κ1) is 22.3. The van der Waals surface area contributed by atoms with E-state index in [-0.39, 0.29) is 12.1 Å². The number of thiazole rings is 1. The molecule has 2 amide bonds. The van der Waals surface area contributed by atoms with E-state index < -0.39 is 5.97 Å². The van der Waals surface area contributed by atoms with Crippen molar-refractivity contribution in [2.45, 2.75) is 33.4 Å². The zero-order valence-corrected chi connectivity index (χ0v) is 18.7. The lowest BCUT2D eigenvalue weighted by Gasteiger charge is -2.20. The molecule has 1 N–H and O–H groups in total. The van der Waals surface area contributed by atoms with Crippen LogP contribution in [0.2, 0.25) is 0 Å². The van der Waals surface area contributed by atoms with E-state index in [9.17, 15) is 9.59 Å². The largest absolute Gasteiger partial charge is 0.487 e. The van der Waals surface area contributed by atoms with Crippen LogP contribution >= 0.6 is 11.3 Å². The van der Waals surface area contributed by atoms with Gasteiger partial charge < -0.3 is 14.8 Å². The van der Waals surface area contributed by atoms with E-state index in [2.05, 4.69) is 10.3 Å². The van der Waals surface area contributed by atoms with E-state index >= 15 is 0 Å². The van der Waals surface area contributed by atoms with Crippen molar-refractivity contribution >= 4 is 29.0 Å². The lowest BCUT2D eigenvalue weighted by Crippen LogP contribution is -2.40. The molecule has 0 atom stereocenters. The fourth-order valence-electron chi connectivity index (χ4n) is 2.68. The molecule has 3 rings (SSSR count). The quantitative estimate of drug-likeness (QED) is 0.422. The second-order valence-corrected chi connectivity index (χ2v) is 8.28. The maximum atomic E-state index is 12.4. The van der Waals surface area contributed by atoms with Crippen molar-refractivity contribution in [1.29, 1.82) is 0 Å². The number of nitrogens with zero attached hydrogens (tertiary/aromatic N) is 2. The summed E-state index contributed by atoms with van der Waals surface area (Å²) >= 11 is 1.58. The number of ether oxygens (including phenoxy) is 2. The van der Waals surface area contributed by atoms with Gasteiger partial charge in [0.2, 0.25) is 0 Å². The smallest absolute Gasteiger partial charge is 0.343 e. The molecule has 8 heteroatoms. The molecule has 1 aromatic heterocycles. The third-order valence-corrected chi connectivity index (χ3v) is 5.12. The van der Waals surface area contributed by atoms with Gasteiger partial charge in [-0.2, -0.15) is 0 Å². The minimum Gasteiger partial charge on any atom is -0.487 e. The van der Waals surface area contributed by atoms with Crippen LogP contribution in [0.4, 0.5) is 10.5 Å². The van der Waals surface area contributed by atoms with Gasteiger partial charge in [-0.05, 0) is 69.3 Å². The Morgan fingerprint density at radius 3 is 2.29 bits per heavy atom. The van der Waals surface area contributed by atoms with Crippen LogP contribution in [0.15, 0.2) is 53.9 Å². The van der Waals surface area contributed by atoms with E-state index in [0.29, 0.717) is 29.4 Å². The van der Waals surface area contributed by atoms with E-state index in [0.717, 1.165) is 10.7 Å². The Kier molecular flexibility index (Phi) is 7.25. The fraction of sp³-hybridized carbons (Fsp3) is 0.261. The van der Waals surface area contributed by atoms with Gasteiger partial charge in [0.05, 0.1) is 16.3 Å². The zero-order valence-electron chi connectivity index (χ0n) is 17.9. The summed E-state index contributed by atoms with van der Waals surface area (Å²) in [5, 5.41) is 5.78. The number of rotatable bonds is 7. The summed E-state index contributed by atoms with van der Waals surface area (Å²) in [7, 11) is 1.68. The lowest BCUT2D eigenvalue weighted by molar-refractivity contribution is 0.0734. The van der Waals surface area contributed by atoms with Crippen molar-refractivity contribution < 1.29 is 19.1 Å². The van der Waals surface area contributed by atoms with Crippen molar-refractivity contribution in [2.75, 3.05) is 11.9 Å². The minimum absolute atomic E-state index is 0.0449. The number of carbonyl (C=O) groups is 2. The molecule has 0 saturated heterocycles. The maximum Gasteiger partial charge on any atom is 0.343 e. The van der Waals surface area contributed by atoms with Crippen LogP contribution < -0.4 is 19.7 Å². The van der Waals surface area contributed by atoms with Gasteiger partial charge in [-0.15, -0.1) is 11.3 Å². The number of urea groups is 1. The predicted molar refractivity (Wildman–Crippen MR) is 121 cm³/mol. The predicted octanol–water partition coefficient (Wildman–Crippen LogP) is 4.80. The summed E-state index contributed by atoms with van der Waals surface area (Å²) in [6.45, 7) is 6.12. The molecule has 0 bridgehead atoms. The first-order valence-electron chi connectivity index (χ1n) is 9.82. The Morgan fingerprint density at radius 2 is 1.71 bits per heavy atom. The molecule has 0 aliphatic rings. The van der Waals surface area contributed by atoms with Crippen molar-refractivity contribution in [3.63, 3.8) is 0 Å². The Bertz CT molecular complexity index is 1030. The van der Waals surface area contributed by atoms with E-state index in [4.69, 9.17) is 9.47 Å². The summed E-state index contributed by atoms with van der Waals surface area (Å²) in [5.74, 6) is 0.570. The number of benzene rings is 2. The lowest BCUT2D eigenvalue weighted by atomic mass is 10.2. The van der Waals surface area contributed by atoms with E-state index in [1.54, 1.807) is 66.9 Å². The summed E-state index contributed by atoms with van der Waals surface area (Å²) in [5.41, 5.74) is 1.98.